The van der Waals surface area contributed by atoms with Crippen molar-refractivity contribution in [1.82, 2.24) is 0 Å². The highest BCUT2D eigenvalue weighted by Gasteiger charge is 2.23. The Morgan fingerprint density at radius 3 is 2.92 bits per heavy atom. The fourth-order valence-electron chi connectivity index (χ4n) is 1.60. The van der Waals surface area contributed by atoms with Crippen LogP contribution in [0.4, 0.5) is 5.69 Å². The van der Waals surface area contributed by atoms with Crippen LogP contribution in [0.2, 0.25) is 10.0 Å². The molecule has 0 aliphatic carbocycles. The highest BCUT2D eigenvalue weighted by Crippen LogP contribution is 2.38. The molecule has 1 aliphatic heterocycles. The van der Waals surface area contributed by atoms with E-state index < -0.39 is 0 Å². The fraction of sp³-hybridized carbons (Fsp3) is 0.333. The van der Waals surface area contributed by atoms with Gasteiger partial charge in [0.25, 0.3) is 0 Å². The van der Waals surface area contributed by atoms with E-state index in [-0.39, 0.29) is 12.5 Å². The normalized spacial score (nSPS) is 19.8. The van der Waals surface area contributed by atoms with E-state index >= 15 is 0 Å². The van der Waals surface area contributed by atoms with Crippen LogP contribution in [0.15, 0.2) is 12.1 Å². The Kier molecular flexibility index (Phi) is 2.37. The predicted octanol–water partition coefficient (Wildman–Crippen LogP) is 2.49. The van der Waals surface area contributed by atoms with E-state index in [1.54, 1.807) is 6.07 Å². The van der Waals surface area contributed by atoms with Crippen LogP contribution in [0.5, 0.6) is 0 Å². The molecule has 1 atom stereocenters. The highest BCUT2D eigenvalue weighted by molar-refractivity contribution is 6.36. The van der Waals surface area contributed by atoms with Crippen LogP contribution in [0, 0.1) is 0 Å². The molecule has 1 heterocycles. The Hall–Kier alpha value is -0.440. The van der Waals surface area contributed by atoms with Crippen molar-refractivity contribution >= 4 is 28.9 Å². The number of rotatable bonds is 1. The minimum Gasteiger partial charge on any atom is -0.396 e. The first-order chi connectivity index (χ1) is 6.22. The van der Waals surface area contributed by atoms with Gasteiger partial charge in [0.1, 0.15) is 0 Å². The van der Waals surface area contributed by atoms with Gasteiger partial charge in [-0.05, 0) is 17.7 Å². The molecule has 2 rings (SSSR count). The van der Waals surface area contributed by atoms with E-state index in [1.165, 1.54) is 0 Å². The van der Waals surface area contributed by atoms with E-state index in [0.29, 0.717) is 10.0 Å². The van der Waals surface area contributed by atoms with Crippen LogP contribution >= 0.6 is 23.2 Å². The molecule has 13 heavy (non-hydrogen) atoms. The van der Waals surface area contributed by atoms with Crippen molar-refractivity contribution in [3.63, 3.8) is 0 Å². The summed E-state index contributed by atoms with van der Waals surface area (Å²) >= 11 is 11.8. The van der Waals surface area contributed by atoms with Crippen molar-refractivity contribution < 1.29 is 5.11 Å². The molecule has 0 fully saturated rings. The van der Waals surface area contributed by atoms with E-state index in [2.05, 4.69) is 5.32 Å². The summed E-state index contributed by atoms with van der Waals surface area (Å²) in [6.07, 6.45) is 0. The maximum Gasteiger partial charge on any atom is 0.0655 e. The van der Waals surface area contributed by atoms with Crippen LogP contribution < -0.4 is 5.32 Å². The third kappa shape index (κ3) is 1.50. The molecule has 0 aromatic heterocycles. The molecule has 1 unspecified atom stereocenters. The molecular formula is C9H9Cl2NO. The number of anilines is 1. The number of hydrogen-bond donors (Lipinski definition) is 2. The summed E-state index contributed by atoms with van der Waals surface area (Å²) in [6, 6.07) is 3.55. The van der Waals surface area contributed by atoms with Crippen LogP contribution in [-0.2, 0) is 0 Å². The number of hydrogen-bond acceptors (Lipinski definition) is 2. The number of aliphatic hydroxyl groups is 1. The first-order valence-corrected chi connectivity index (χ1v) is 4.81. The van der Waals surface area contributed by atoms with E-state index in [4.69, 9.17) is 28.3 Å². The van der Waals surface area contributed by atoms with Crippen LogP contribution in [0.25, 0.3) is 0 Å². The first-order valence-electron chi connectivity index (χ1n) is 4.06. The van der Waals surface area contributed by atoms with E-state index in [1.807, 2.05) is 6.07 Å². The van der Waals surface area contributed by atoms with Gasteiger partial charge in [-0.1, -0.05) is 23.2 Å². The number of halogens is 2. The summed E-state index contributed by atoms with van der Waals surface area (Å²) in [5.41, 5.74) is 1.92. The molecule has 0 amide bonds. The van der Waals surface area contributed by atoms with Gasteiger partial charge in [0.2, 0.25) is 0 Å². The van der Waals surface area contributed by atoms with E-state index in [9.17, 15) is 0 Å². The lowest BCUT2D eigenvalue weighted by Gasteiger charge is -2.06. The monoisotopic (exact) mass is 217 g/mol. The van der Waals surface area contributed by atoms with Gasteiger partial charge < -0.3 is 10.4 Å². The predicted molar refractivity (Wildman–Crippen MR) is 54.8 cm³/mol. The lowest BCUT2D eigenvalue weighted by Crippen LogP contribution is -2.05. The van der Waals surface area contributed by atoms with E-state index in [0.717, 1.165) is 17.8 Å². The van der Waals surface area contributed by atoms with Crippen molar-refractivity contribution in [3.05, 3.63) is 27.7 Å². The van der Waals surface area contributed by atoms with Gasteiger partial charge >= 0.3 is 0 Å². The summed E-state index contributed by atoms with van der Waals surface area (Å²) in [7, 11) is 0. The summed E-state index contributed by atoms with van der Waals surface area (Å²) in [4.78, 5) is 0. The van der Waals surface area contributed by atoms with Crippen LogP contribution in [0.1, 0.15) is 11.5 Å². The summed E-state index contributed by atoms with van der Waals surface area (Å²) in [5, 5.41) is 13.5. The molecule has 0 spiro atoms. The van der Waals surface area contributed by atoms with Gasteiger partial charge in [-0.2, -0.15) is 0 Å². The lowest BCUT2D eigenvalue weighted by atomic mass is 10.0. The lowest BCUT2D eigenvalue weighted by molar-refractivity contribution is 0.273. The molecular weight excluding hydrogens is 209 g/mol. The Labute approximate surface area is 86.5 Å². The Bertz CT molecular complexity index is 341. The zero-order chi connectivity index (χ0) is 9.42. The van der Waals surface area contributed by atoms with Gasteiger partial charge in [-0.15, -0.1) is 0 Å². The number of nitrogens with one attached hydrogen (secondary N) is 1. The molecule has 0 saturated carbocycles. The standard InChI is InChI=1S/C9H9Cl2NO/c10-6-1-7-5(4-13)3-12-9(7)8(11)2-6/h1-2,5,12-13H,3-4H2. The van der Waals surface area contributed by atoms with Gasteiger partial charge in [0.15, 0.2) is 0 Å². The van der Waals surface area contributed by atoms with Crippen molar-refractivity contribution in [3.8, 4) is 0 Å². The van der Waals surface area contributed by atoms with Gasteiger partial charge in [-0.3, -0.25) is 0 Å². The Balaban J connectivity index is 2.51. The second kappa shape index (κ2) is 3.37. The quantitative estimate of drug-likeness (QED) is 0.758. The van der Waals surface area contributed by atoms with Crippen molar-refractivity contribution in [1.29, 1.82) is 0 Å². The topological polar surface area (TPSA) is 32.3 Å². The zero-order valence-electron chi connectivity index (χ0n) is 6.85. The highest BCUT2D eigenvalue weighted by atomic mass is 35.5. The average molecular weight is 218 g/mol. The number of benzene rings is 1. The molecule has 1 aliphatic rings. The molecule has 2 nitrogen and oxygen atoms in total. The molecule has 2 N–H and O–H groups in total. The largest absolute Gasteiger partial charge is 0.396 e. The summed E-state index contributed by atoms with van der Waals surface area (Å²) < 4.78 is 0. The second-order valence-corrected chi connectivity index (χ2v) is 3.96. The smallest absolute Gasteiger partial charge is 0.0655 e. The maximum absolute atomic E-state index is 9.07. The third-order valence-corrected chi connectivity index (χ3v) is 2.79. The first kappa shape index (κ1) is 9.13. The molecule has 0 radical (unpaired) electrons. The molecule has 1 aromatic carbocycles. The minimum atomic E-state index is 0.117. The zero-order valence-corrected chi connectivity index (χ0v) is 8.36. The molecule has 70 valence electrons. The van der Waals surface area contributed by atoms with Crippen molar-refractivity contribution in [2.75, 3.05) is 18.5 Å². The van der Waals surface area contributed by atoms with Crippen molar-refractivity contribution in [2.24, 2.45) is 0 Å². The van der Waals surface area contributed by atoms with Crippen LogP contribution in [0.3, 0.4) is 0 Å². The molecule has 4 heteroatoms. The minimum absolute atomic E-state index is 0.117. The number of aliphatic hydroxyl groups excluding tert-OH is 1. The maximum atomic E-state index is 9.07. The molecule has 1 aromatic rings. The third-order valence-electron chi connectivity index (χ3n) is 2.27. The Morgan fingerprint density at radius 1 is 1.46 bits per heavy atom. The summed E-state index contributed by atoms with van der Waals surface area (Å²) in [6.45, 7) is 0.850. The summed E-state index contributed by atoms with van der Waals surface area (Å²) in [5.74, 6) is 0.117. The van der Waals surface area contributed by atoms with Gasteiger partial charge in [-0.25, -0.2) is 0 Å². The second-order valence-electron chi connectivity index (χ2n) is 3.11. The van der Waals surface area contributed by atoms with Crippen LogP contribution in [-0.4, -0.2) is 18.3 Å². The van der Waals surface area contributed by atoms with Gasteiger partial charge in [0, 0.05) is 17.5 Å². The fourth-order valence-corrected chi connectivity index (χ4v) is 2.18. The average Bonchev–Trinajstić information content (AvgIpc) is 2.47. The molecule has 0 saturated heterocycles. The van der Waals surface area contributed by atoms with Crippen molar-refractivity contribution in [2.45, 2.75) is 5.92 Å². The Morgan fingerprint density at radius 2 is 2.23 bits per heavy atom. The number of fused-ring (bicyclic) bond motifs is 1. The molecule has 0 bridgehead atoms. The van der Waals surface area contributed by atoms with Gasteiger partial charge in [0.05, 0.1) is 17.3 Å². The SMILES string of the molecule is OCC1CNc2c(Cl)cc(Cl)cc21.